The van der Waals surface area contributed by atoms with E-state index in [1.807, 2.05) is 11.2 Å². The predicted molar refractivity (Wildman–Crippen MR) is 61.8 cm³/mol. The summed E-state index contributed by atoms with van der Waals surface area (Å²) in [5.41, 5.74) is 0. The topological polar surface area (TPSA) is 66.3 Å². The molecule has 86 valence electrons. The van der Waals surface area contributed by atoms with Gasteiger partial charge in [-0.05, 0) is 19.1 Å². The molecule has 1 saturated heterocycles. The molecule has 0 aliphatic carbocycles. The van der Waals surface area contributed by atoms with Gasteiger partial charge in [0, 0.05) is 6.54 Å². The Kier molecular flexibility index (Phi) is 3.28. The largest absolute Gasteiger partial charge is 0.480 e. The summed E-state index contributed by atoms with van der Waals surface area (Å²) in [6, 6.07) is -0.452. The van der Waals surface area contributed by atoms with Crippen molar-refractivity contribution in [3.63, 3.8) is 0 Å². The van der Waals surface area contributed by atoms with Crippen molar-refractivity contribution in [2.24, 2.45) is 0 Å². The predicted octanol–water partition coefficient (Wildman–Crippen LogP) is 1.25. The van der Waals surface area contributed by atoms with E-state index in [9.17, 15) is 4.79 Å². The average Bonchev–Trinajstić information content (AvgIpc) is 2.78. The summed E-state index contributed by atoms with van der Waals surface area (Å²) in [5, 5.41) is 9.89. The second-order valence-corrected chi connectivity index (χ2v) is 4.44. The van der Waals surface area contributed by atoms with Gasteiger partial charge in [-0.1, -0.05) is 0 Å². The maximum absolute atomic E-state index is 11.0. The molecule has 0 spiro atoms. The third-order valence-electron chi connectivity index (χ3n) is 2.64. The highest BCUT2D eigenvalue weighted by Gasteiger charge is 2.31. The fraction of sp³-hybridized carbons (Fsp3) is 0.500. The number of thioether (sulfide) groups is 1. The molecule has 0 radical (unpaired) electrons. The number of anilines is 1. The molecule has 0 bridgehead atoms. The number of hydrogen-bond donors (Lipinski definition) is 1. The fourth-order valence-corrected chi connectivity index (χ4v) is 2.22. The number of nitrogens with zero attached hydrogens (tertiary/aromatic N) is 3. The SMILES string of the molecule is CSc1cncc(N2CCC[C@H]2C(=O)O)n1. The Balaban J connectivity index is 2.25. The summed E-state index contributed by atoms with van der Waals surface area (Å²) in [5.74, 6) is -0.120. The van der Waals surface area contributed by atoms with Gasteiger partial charge in [-0.3, -0.25) is 4.98 Å². The van der Waals surface area contributed by atoms with Crippen molar-refractivity contribution in [1.29, 1.82) is 0 Å². The van der Waals surface area contributed by atoms with Crippen LogP contribution in [0.1, 0.15) is 12.8 Å². The number of aromatic nitrogens is 2. The van der Waals surface area contributed by atoms with E-state index in [0.29, 0.717) is 12.2 Å². The van der Waals surface area contributed by atoms with Gasteiger partial charge >= 0.3 is 5.97 Å². The molecule has 2 heterocycles. The van der Waals surface area contributed by atoms with Crippen LogP contribution in [0.25, 0.3) is 0 Å². The van der Waals surface area contributed by atoms with E-state index in [4.69, 9.17) is 5.11 Å². The molecule has 0 aromatic carbocycles. The van der Waals surface area contributed by atoms with Crippen LogP contribution in [0, 0.1) is 0 Å². The van der Waals surface area contributed by atoms with Crippen LogP contribution < -0.4 is 4.90 Å². The third-order valence-corrected chi connectivity index (χ3v) is 3.26. The van der Waals surface area contributed by atoms with Crippen LogP contribution in [0.2, 0.25) is 0 Å². The minimum atomic E-state index is -0.783. The molecule has 1 aliphatic heterocycles. The molecule has 2 rings (SSSR count). The second kappa shape index (κ2) is 4.69. The van der Waals surface area contributed by atoms with Gasteiger partial charge < -0.3 is 10.0 Å². The van der Waals surface area contributed by atoms with Gasteiger partial charge in [0.05, 0.1) is 12.4 Å². The zero-order chi connectivity index (χ0) is 11.5. The first-order valence-electron chi connectivity index (χ1n) is 5.08. The van der Waals surface area contributed by atoms with Crippen molar-refractivity contribution in [3.8, 4) is 0 Å². The van der Waals surface area contributed by atoms with Crippen molar-refractivity contribution in [1.82, 2.24) is 9.97 Å². The normalized spacial score (nSPS) is 20.1. The first kappa shape index (κ1) is 11.2. The maximum atomic E-state index is 11.0. The number of hydrogen-bond acceptors (Lipinski definition) is 5. The van der Waals surface area contributed by atoms with E-state index in [1.165, 1.54) is 11.8 Å². The van der Waals surface area contributed by atoms with E-state index >= 15 is 0 Å². The summed E-state index contributed by atoms with van der Waals surface area (Å²) in [6.07, 6.45) is 6.80. The lowest BCUT2D eigenvalue weighted by Gasteiger charge is -2.22. The molecule has 5 nitrogen and oxygen atoms in total. The second-order valence-electron chi connectivity index (χ2n) is 3.61. The Morgan fingerprint density at radius 3 is 3.12 bits per heavy atom. The molecule has 16 heavy (non-hydrogen) atoms. The maximum Gasteiger partial charge on any atom is 0.326 e. The number of rotatable bonds is 3. The van der Waals surface area contributed by atoms with Gasteiger partial charge in [-0.25, -0.2) is 9.78 Å². The third kappa shape index (κ3) is 2.11. The van der Waals surface area contributed by atoms with Crippen LogP contribution >= 0.6 is 11.8 Å². The zero-order valence-corrected chi connectivity index (χ0v) is 9.78. The molecule has 1 N–H and O–H groups in total. The Morgan fingerprint density at radius 1 is 1.62 bits per heavy atom. The molecule has 0 amide bonds. The van der Waals surface area contributed by atoms with E-state index < -0.39 is 12.0 Å². The van der Waals surface area contributed by atoms with Crippen molar-refractivity contribution in [2.75, 3.05) is 17.7 Å². The van der Waals surface area contributed by atoms with Gasteiger partial charge in [0.1, 0.15) is 16.9 Å². The monoisotopic (exact) mass is 239 g/mol. The molecule has 6 heteroatoms. The molecular weight excluding hydrogens is 226 g/mol. The Morgan fingerprint density at radius 2 is 2.44 bits per heavy atom. The van der Waals surface area contributed by atoms with Crippen molar-refractivity contribution in [2.45, 2.75) is 23.9 Å². The highest BCUT2D eigenvalue weighted by atomic mass is 32.2. The zero-order valence-electron chi connectivity index (χ0n) is 8.96. The van der Waals surface area contributed by atoms with Gasteiger partial charge in [-0.15, -0.1) is 11.8 Å². The first-order valence-corrected chi connectivity index (χ1v) is 6.30. The number of carboxylic acids is 1. The molecule has 1 atom stereocenters. The van der Waals surface area contributed by atoms with E-state index in [0.717, 1.165) is 18.0 Å². The smallest absolute Gasteiger partial charge is 0.326 e. The van der Waals surface area contributed by atoms with Gasteiger partial charge in [0.25, 0.3) is 0 Å². The van der Waals surface area contributed by atoms with E-state index in [2.05, 4.69) is 9.97 Å². The first-order chi connectivity index (χ1) is 7.72. The van der Waals surface area contributed by atoms with Crippen molar-refractivity contribution >= 4 is 23.5 Å². The summed E-state index contributed by atoms with van der Waals surface area (Å²) in [6.45, 7) is 0.740. The van der Waals surface area contributed by atoms with Crippen LogP contribution in [-0.4, -0.2) is 39.9 Å². The van der Waals surface area contributed by atoms with Crippen molar-refractivity contribution in [3.05, 3.63) is 12.4 Å². The summed E-state index contributed by atoms with van der Waals surface area (Å²) in [4.78, 5) is 21.3. The molecule has 0 unspecified atom stereocenters. The molecule has 1 fully saturated rings. The summed E-state index contributed by atoms with van der Waals surface area (Å²) < 4.78 is 0. The lowest BCUT2D eigenvalue weighted by Crippen LogP contribution is -2.36. The van der Waals surface area contributed by atoms with Crippen molar-refractivity contribution < 1.29 is 9.90 Å². The van der Waals surface area contributed by atoms with Crippen LogP contribution in [0.3, 0.4) is 0 Å². The van der Waals surface area contributed by atoms with Crippen LogP contribution in [-0.2, 0) is 4.79 Å². The average molecular weight is 239 g/mol. The number of carbonyl (C=O) groups is 1. The molecule has 1 aromatic rings. The lowest BCUT2D eigenvalue weighted by atomic mass is 10.2. The molecule has 1 aromatic heterocycles. The standard InChI is InChI=1S/C10H13N3O2S/c1-16-9-6-11-5-8(12-9)13-4-2-3-7(13)10(14)15/h5-7H,2-4H2,1H3,(H,14,15)/t7-/m0/s1. The highest BCUT2D eigenvalue weighted by Crippen LogP contribution is 2.24. The Bertz CT molecular complexity index is 399. The quantitative estimate of drug-likeness (QED) is 0.801. The Labute approximate surface area is 97.9 Å². The van der Waals surface area contributed by atoms with Gasteiger partial charge in [-0.2, -0.15) is 0 Å². The number of aliphatic carboxylic acids is 1. The highest BCUT2D eigenvalue weighted by molar-refractivity contribution is 7.98. The lowest BCUT2D eigenvalue weighted by molar-refractivity contribution is -0.138. The van der Waals surface area contributed by atoms with Crippen LogP contribution in [0.15, 0.2) is 17.4 Å². The van der Waals surface area contributed by atoms with Crippen LogP contribution in [0.4, 0.5) is 5.82 Å². The molecule has 0 saturated carbocycles. The molecule has 1 aliphatic rings. The minimum Gasteiger partial charge on any atom is -0.480 e. The number of carboxylic acid groups (broad SMARTS) is 1. The van der Waals surface area contributed by atoms with Gasteiger partial charge in [0.15, 0.2) is 0 Å². The minimum absolute atomic E-state index is 0.452. The summed E-state index contributed by atoms with van der Waals surface area (Å²) in [7, 11) is 0. The van der Waals surface area contributed by atoms with E-state index in [1.54, 1.807) is 12.4 Å². The summed E-state index contributed by atoms with van der Waals surface area (Å²) >= 11 is 1.50. The molecular formula is C10H13N3O2S. The van der Waals surface area contributed by atoms with Crippen LogP contribution in [0.5, 0.6) is 0 Å². The van der Waals surface area contributed by atoms with Gasteiger partial charge in [0.2, 0.25) is 0 Å². The fourth-order valence-electron chi connectivity index (χ4n) is 1.87. The Hall–Kier alpha value is -1.30. The van der Waals surface area contributed by atoms with E-state index in [-0.39, 0.29) is 0 Å².